The molecule has 394 valence electrons. The summed E-state index contributed by atoms with van der Waals surface area (Å²) in [5.41, 5.74) is 3.31. The maximum absolute atomic E-state index is 10.4. The van der Waals surface area contributed by atoms with Crippen LogP contribution < -0.4 is 0 Å². The molecule has 0 heterocycles. The Labute approximate surface area is 413 Å². The van der Waals surface area contributed by atoms with Gasteiger partial charge in [-0.2, -0.15) is 0 Å². The Hall–Kier alpha value is -2.65. The minimum absolute atomic E-state index is 0. The molecule has 0 aliphatic heterocycles. The number of carbonyl (C=O) groups excluding carboxylic acids is 3. The second kappa shape index (κ2) is 65.4. The van der Waals surface area contributed by atoms with Crippen LogP contribution in [-0.2, 0) is 65.4 Å². The van der Waals surface area contributed by atoms with Crippen molar-refractivity contribution in [2.24, 2.45) is 0 Å². The van der Waals surface area contributed by atoms with Gasteiger partial charge in [-0.25, -0.2) is 0 Å². The van der Waals surface area contributed by atoms with Gasteiger partial charge in [-0.1, -0.05) is 101 Å². The first-order chi connectivity index (χ1) is 31.6. The van der Waals surface area contributed by atoms with Gasteiger partial charge in [0.05, 0.1) is 33.0 Å². The van der Waals surface area contributed by atoms with Crippen LogP contribution in [-0.4, -0.2) is 119 Å². The fourth-order valence-corrected chi connectivity index (χ4v) is 5.99. The van der Waals surface area contributed by atoms with Gasteiger partial charge < -0.3 is 51.0 Å². The Kier molecular flexibility index (Phi) is 76.7. The maximum Gasteiger partial charge on any atom is 1.00 e. The molecule has 0 amide bonds. The second-order valence-corrected chi connectivity index (χ2v) is 15.4. The molecular weight excluding hydrogens is 898 g/mol. The average molecular weight is 996 g/mol. The van der Waals surface area contributed by atoms with E-state index in [2.05, 4.69) is 54.5 Å². The van der Waals surface area contributed by atoms with Crippen LogP contribution in [0.5, 0.6) is 0 Å². The number of ketones is 1. The van der Waals surface area contributed by atoms with E-state index in [1.165, 1.54) is 34.0 Å². The van der Waals surface area contributed by atoms with Gasteiger partial charge in [0.15, 0.2) is 26.7 Å². The highest BCUT2D eigenvalue weighted by Crippen LogP contribution is 2.39. The summed E-state index contributed by atoms with van der Waals surface area (Å²) in [7, 11) is 7.58. The summed E-state index contributed by atoms with van der Waals surface area (Å²) < 4.78 is 56.0. The van der Waals surface area contributed by atoms with Gasteiger partial charge in [0.2, 0.25) is 6.29 Å². The van der Waals surface area contributed by atoms with Crippen molar-refractivity contribution in [2.75, 3.05) is 81.9 Å². The quantitative estimate of drug-likeness (QED) is 0.0167. The van der Waals surface area contributed by atoms with E-state index < -0.39 is 23.3 Å². The molecule has 0 aromatic carbocycles. The number of methoxy groups -OCH3 is 6. The molecule has 0 aliphatic rings. The number of hydrogen-bond donors (Lipinski definition) is 0. The van der Waals surface area contributed by atoms with Gasteiger partial charge in [0, 0.05) is 48.8 Å². The summed E-state index contributed by atoms with van der Waals surface area (Å²) in [6.45, 7) is 28.3. The zero-order valence-electron chi connectivity index (χ0n) is 45.3. The number of carbonyl (C=O) groups is 3. The van der Waals surface area contributed by atoms with Gasteiger partial charge in [0.25, 0.3) is 0 Å². The molecule has 67 heavy (non-hydrogen) atoms. The molecule has 0 fully saturated rings. The summed E-state index contributed by atoms with van der Waals surface area (Å²) in [6, 6.07) is 0. The lowest BCUT2D eigenvalue weighted by atomic mass is 10.2. The molecule has 16 heteroatoms. The van der Waals surface area contributed by atoms with Crippen molar-refractivity contribution < 1.29 is 66.9 Å². The fraction of sp³-hybridized carbons (Fsp3) is 0.627. The smallest absolute Gasteiger partial charge is 0.352 e. The molecule has 0 aromatic rings. The number of Topliss-reactive ketones (excluding diaryl/α,β-unsaturated/α-hetero) is 1. The van der Waals surface area contributed by atoms with Gasteiger partial charge in [0.1, 0.15) is 12.6 Å². The first-order valence-electron chi connectivity index (χ1n) is 22.3. The Morgan fingerprint density at radius 2 is 0.731 bits per heavy atom. The maximum atomic E-state index is 10.4. The van der Waals surface area contributed by atoms with Crippen LogP contribution in [0.1, 0.15) is 118 Å². The van der Waals surface area contributed by atoms with Gasteiger partial charge in [-0.3, -0.25) is 14.4 Å². The molecule has 0 saturated heterocycles. The minimum atomic E-state index is -1.06. The normalized spacial score (nSPS) is 12.1. The van der Waals surface area contributed by atoms with Crippen LogP contribution in [0.15, 0.2) is 95.2 Å². The zero-order chi connectivity index (χ0) is 51.8. The van der Waals surface area contributed by atoms with E-state index in [9.17, 15) is 14.4 Å². The summed E-state index contributed by atoms with van der Waals surface area (Å²) in [4.78, 5) is 30.6. The van der Waals surface area contributed by atoms with Crippen molar-refractivity contribution in [1.29, 1.82) is 0 Å². The summed E-state index contributed by atoms with van der Waals surface area (Å²) in [5.74, 6) is -0.116. The van der Waals surface area contributed by atoms with E-state index in [0.29, 0.717) is 31.0 Å². The van der Waals surface area contributed by atoms with E-state index in [1.807, 2.05) is 72.8 Å². The van der Waals surface area contributed by atoms with Crippen LogP contribution in [0.25, 0.3) is 0 Å². The average Bonchev–Trinajstić information content (AvgIpc) is 3.31. The van der Waals surface area contributed by atoms with E-state index in [1.54, 1.807) is 66.6 Å². The lowest BCUT2D eigenvalue weighted by molar-refractivity contribution is -0.154. The highest BCUT2D eigenvalue weighted by atomic mass is 31.2. The summed E-state index contributed by atoms with van der Waals surface area (Å²) in [5, 5.41) is 0. The molecule has 0 spiro atoms. The largest absolute Gasteiger partial charge is 1.00 e. The Morgan fingerprint density at radius 3 is 0.955 bits per heavy atom. The number of aldehydes is 2. The summed E-state index contributed by atoms with van der Waals surface area (Å²) >= 11 is 0. The van der Waals surface area contributed by atoms with Crippen LogP contribution in [0.2, 0.25) is 0 Å². The molecule has 0 bridgehead atoms. The Bertz CT molecular complexity index is 1240. The number of rotatable bonds is 30. The first-order valence-corrected chi connectivity index (χ1v) is 24.7. The van der Waals surface area contributed by atoms with E-state index in [-0.39, 0.29) is 27.2 Å². The monoisotopic (exact) mass is 996 g/mol. The van der Waals surface area contributed by atoms with Crippen LogP contribution in [0, 0.1) is 0 Å². The second-order valence-electron chi connectivity index (χ2n) is 12.7. The molecule has 0 aromatic heterocycles. The topological polar surface area (TPSA) is 153 Å². The van der Waals surface area contributed by atoms with Crippen molar-refractivity contribution in [3.8, 4) is 0 Å². The number of allylic oxidation sites excluding steroid dienone is 14. The predicted octanol–water partition coefficient (Wildman–Crippen LogP) is 13.5. The standard InChI is InChI=1S/C14H24O4.C10H12O2.C9H19O2P.C6H15O3P.C6H12.C5H10O3.CH4/c1-11(13(15-3)16-4)9-7-8-10-12(2)14(17-5)18-6;1-9(7-11)5-3-4-6-10(2)8-12;1-4-7-8-9-12(10-5-2)11-6-3;1-4-7-10(8-5-2)9-6-3;1-3-5-6-4-2;1-4(6)5(7-2)8-3;/h7-10,13-14H,1-6H3;3-8H,1-2H3;7-8H,4-6,9H2,1-3H3;4-6H2,1-3H3;5-6H,3-4H2,1-2H3;5H,1-3H3;1H4/p+1/b8-7+,11-9+,12-10+;4-3+,9-5+,10-6+;8-7+;;6-5+;;. The Balaban J connectivity index is -0.000000109. The highest BCUT2D eigenvalue weighted by molar-refractivity contribution is 7.47. The molecule has 0 atom stereocenters. The third-order valence-electron chi connectivity index (χ3n) is 6.94. The van der Waals surface area contributed by atoms with Crippen molar-refractivity contribution >= 4 is 35.3 Å². The fourth-order valence-electron chi connectivity index (χ4n) is 3.95. The molecule has 0 N–H and O–H groups in total. The van der Waals surface area contributed by atoms with E-state index in [4.69, 9.17) is 41.6 Å². The summed E-state index contributed by atoms with van der Waals surface area (Å²) in [6.07, 6.45) is 27.8. The first kappa shape index (κ1) is 78.5. The van der Waals surface area contributed by atoms with Crippen molar-refractivity contribution in [2.45, 2.75) is 136 Å². The van der Waals surface area contributed by atoms with Crippen molar-refractivity contribution in [1.82, 2.24) is 0 Å². The van der Waals surface area contributed by atoms with Gasteiger partial charge in [-0.05, 0) is 111 Å². The third-order valence-corrected chi connectivity index (χ3v) is 9.94. The van der Waals surface area contributed by atoms with Crippen molar-refractivity contribution in [3.63, 3.8) is 0 Å². The van der Waals surface area contributed by atoms with Gasteiger partial charge in [-0.15, -0.1) is 0 Å². The molecule has 0 saturated carbocycles. The molecular formula is C51H97O14P2+. The third kappa shape index (κ3) is 61.3. The van der Waals surface area contributed by atoms with Crippen LogP contribution in [0.4, 0.5) is 0 Å². The molecule has 0 aliphatic carbocycles. The molecule has 0 rings (SSSR count). The number of hydrogen-bond acceptors (Lipinski definition) is 14. The Morgan fingerprint density at radius 1 is 0.448 bits per heavy atom. The zero-order valence-corrected chi connectivity index (χ0v) is 46.1. The highest BCUT2D eigenvalue weighted by Gasteiger charge is 2.10. The minimum Gasteiger partial charge on any atom is -0.352 e. The molecule has 0 unspecified atom stereocenters. The number of ether oxygens (including phenoxy) is 6. The SMILES string of the molecule is C.CC/C=C/CC.CC/C=C/CP(OCC)OCC.CCOP(OCC)OCC.COC(OC)/C(C)=C/C=C/C=C(\C)C(OC)OC.COC(OC)C(C)=O.C\C(C=O)=C/C=C/C=C(\C)C=O.[H+]. The predicted molar refractivity (Wildman–Crippen MR) is 283 cm³/mol. The van der Waals surface area contributed by atoms with Crippen molar-refractivity contribution in [3.05, 3.63) is 95.2 Å². The lowest BCUT2D eigenvalue weighted by Gasteiger charge is -2.13. The van der Waals surface area contributed by atoms with Crippen LogP contribution >= 0.6 is 17.0 Å². The van der Waals surface area contributed by atoms with Crippen LogP contribution in [0.3, 0.4) is 0 Å². The van der Waals surface area contributed by atoms with Gasteiger partial charge >= 0.3 is 10.0 Å². The van der Waals surface area contributed by atoms with E-state index >= 15 is 0 Å². The lowest BCUT2D eigenvalue weighted by Crippen LogP contribution is -2.21. The van der Waals surface area contributed by atoms with E-state index in [0.717, 1.165) is 49.5 Å². The molecule has 0 radical (unpaired) electrons. The molecule has 14 nitrogen and oxygen atoms in total.